The van der Waals surface area contributed by atoms with E-state index in [1.165, 1.54) is 0 Å². The molecule has 0 N–H and O–H groups in total. The predicted molar refractivity (Wildman–Crippen MR) is 229 cm³/mol. The molecule has 1 aliphatic carbocycles. The predicted octanol–water partition coefficient (Wildman–Crippen LogP) is 10.8. The highest BCUT2D eigenvalue weighted by atomic mass is 79.9. The number of ether oxygens (including phenoxy) is 6. The number of carbonyl (C=O) groups excluding carboxylic acids is 4. The Labute approximate surface area is 371 Å². The molecular weight excluding hydrogens is 1010 g/mol. The Balaban J connectivity index is 1.44. The van der Waals surface area contributed by atoms with Gasteiger partial charge in [-0.25, -0.2) is 19.2 Å². The molecule has 0 amide bonds. The largest absolute Gasteiger partial charge is 0.459 e. The molecule has 0 aromatic heterocycles. The molecule has 1 aliphatic heterocycles. The Kier molecular flexibility index (Phi) is 15.4. The van der Waals surface area contributed by atoms with Gasteiger partial charge in [0.15, 0.2) is 24.6 Å². The van der Waals surface area contributed by atoms with Crippen LogP contribution in [0.5, 0.6) is 0 Å². The van der Waals surface area contributed by atoms with Crippen LogP contribution >= 0.6 is 63.7 Å². The summed E-state index contributed by atoms with van der Waals surface area (Å²) in [4.78, 5) is 55.4. The van der Waals surface area contributed by atoms with Crippen LogP contribution in [0.25, 0.3) is 0 Å². The van der Waals surface area contributed by atoms with E-state index in [9.17, 15) is 19.2 Å². The van der Waals surface area contributed by atoms with Crippen molar-refractivity contribution in [2.45, 2.75) is 76.8 Å². The van der Waals surface area contributed by atoms with E-state index in [2.05, 4.69) is 84.5 Å². The maximum absolute atomic E-state index is 14.1. The zero-order chi connectivity index (χ0) is 41.5. The van der Waals surface area contributed by atoms with E-state index in [0.717, 1.165) is 30.7 Å². The lowest BCUT2D eigenvalue weighted by Gasteiger charge is -2.47. The molecule has 0 spiro atoms. The normalized spacial score (nSPS) is 24.4. The number of benzene rings is 4. The summed E-state index contributed by atoms with van der Waals surface area (Å²) in [5.74, 6) is -2.28. The number of hydrogen-bond donors (Lipinski definition) is 0. The number of rotatable bonds is 12. The summed E-state index contributed by atoms with van der Waals surface area (Å²) in [7, 11) is 0. The molecule has 1 saturated heterocycles. The second-order valence-electron chi connectivity index (χ2n) is 14.8. The van der Waals surface area contributed by atoms with Crippen molar-refractivity contribution in [1.29, 1.82) is 0 Å². The Morgan fingerprint density at radius 3 is 1.41 bits per heavy atom. The van der Waals surface area contributed by atoms with Gasteiger partial charge >= 0.3 is 23.9 Å². The maximum atomic E-state index is 14.1. The highest BCUT2D eigenvalue weighted by Crippen LogP contribution is 2.39. The lowest BCUT2D eigenvalue weighted by atomic mass is 9.75. The molecule has 58 heavy (non-hydrogen) atoms. The van der Waals surface area contributed by atoms with Gasteiger partial charge < -0.3 is 28.4 Å². The minimum absolute atomic E-state index is 0.132. The summed E-state index contributed by atoms with van der Waals surface area (Å²) >= 11 is 13.6. The van der Waals surface area contributed by atoms with Crippen LogP contribution in [-0.4, -0.2) is 67.3 Å². The molecule has 0 bridgehead atoms. The van der Waals surface area contributed by atoms with E-state index in [-0.39, 0.29) is 40.2 Å². The van der Waals surface area contributed by atoms with Crippen LogP contribution in [0.15, 0.2) is 115 Å². The molecule has 2 aliphatic rings. The fourth-order valence-electron chi connectivity index (χ4n) is 7.13. The van der Waals surface area contributed by atoms with Crippen molar-refractivity contribution in [3.05, 3.63) is 137 Å². The first-order chi connectivity index (χ1) is 27.7. The summed E-state index contributed by atoms with van der Waals surface area (Å²) in [5, 5.41) is 0. The number of halogens is 4. The van der Waals surface area contributed by atoms with Gasteiger partial charge in [-0.1, -0.05) is 90.9 Å². The molecule has 8 atom stereocenters. The van der Waals surface area contributed by atoms with E-state index in [0.29, 0.717) is 12.3 Å². The summed E-state index contributed by atoms with van der Waals surface area (Å²) in [6, 6.07) is 26.2. The van der Waals surface area contributed by atoms with Gasteiger partial charge in [-0.15, -0.1) is 0 Å². The third kappa shape index (κ3) is 11.4. The minimum Gasteiger partial charge on any atom is -0.459 e. The highest BCUT2D eigenvalue weighted by Gasteiger charge is 2.54. The number of carbonyl (C=O) groups is 4. The maximum Gasteiger partial charge on any atom is 0.338 e. The quantitative estimate of drug-likeness (QED) is 0.100. The molecule has 4 aromatic rings. The van der Waals surface area contributed by atoms with Gasteiger partial charge in [0.1, 0.15) is 12.7 Å². The topological polar surface area (TPSA) is 124 Å². The Hall–Kier alpha value is -3.40. The Morgan fingerprint density at radius 2 is 0.983 bits per heavy atom. The molecule has 0 radical (unpaired) electrons. The Bertz CT molecular complexity index is 2040. The van der Waals surface area contributed by atoms with E-state index >= 15 is 0 Å². The van der Waals surface area contributed by atoms with Crippen LogP contribution in [0, 0.1) is 17.8 Å². The highest BCUT2D eigenvalue weighted by molar-refractivity contribution is 9.11. The van der Waals surface area contributed by atoms with Gasteiger partial charge in [0.2, 0.25) is 0 Å². The molecular formula is C44H42Br4O10. The molecule has 306 valence electrons. The van der Waals surface area contributed by atoms with Gasteiger partial charge in [-0.3, -0.25) is 0 Å². The first kappa shape index (κ1) is 44.2. The minimum atomic E-state index is -1.51. The van der Waals surface area contributed by atoms with Gasteiger partial charge in [0.05, 0.1) is 28.4 Å². The van der Waals surface area contributed by atoms with Gasteiger partial charge in [0.25, 0.3) is 0 Å². The van der Waals surface area contributed by atoms with Gasteiger partial charge in [0, 0.05) is 17.9 Å². The van der Waals surface area contributed by atoms with Crippen molar-refractivity contribution in [1.82, 2.24) is 0 Å². The SMILES string of the molecule is CC(C)[C@H]1CC[C@H](C)C[C@@H]1O[C@H]1O[C@H](COC(=O)c2ccc(Br)cc2)[C@H](OC(=O)c2ccc(Br)cc2)[C@H](OC(=O)c2ccc(Br)cc2)[C@H]1OC(=O)c1ccc(Br)cc1. The van der Waals surface area contributed by atoms with Gasteiger partial charge in [-0.05, 0) is 128 Å². The van der Waals surface area contributed by atoms with Crippen LogP contribution in [0.2, 0.25) is 0 Å². The molecule has 10 nitrogen and oxygen atoms in total. The van der Waals surface area contributed by atoms with Crippen LogP contribution in [0.4, 0.5) is 0 Å². The standard InChI is InChI=1S/C44H42Br4O10/c1-24(2)34-21-4-25(3)22-35(34)54-44-39(58-43(52)29-11-19-33(48)20-12-29)38(57-42(51)28-9-17-32(47)18-10-28)37(56-41(50)27-7-15-31(46)16-8-27)36(55-44)23-53-40(49)26-5-13-30(45)14-6-26/h5-20,24-25,34-39,44H,4,21-23H2,1-3H3/t25-,34+,35-,36+,37-,38-,39+,44-/m0/s1. The van der Waals surface area contributed by atoms with Gasteiger partial charge in [-0.2, -0.15) is 0 Å². The van der Waals surface area contributed by atoms with Crippen molar-refractivity contribution >= 4 is 87.6 Å². The average molecular weight is 1050 g/mol. The summed E-state index contributed by atoms with van der Waals surface area (Å²) in [6.07, 6.45) is -4.75. The lowest BCUT2D eigenvalue weighted by molar-refractivity contribution is -0.315. The average Bonchev–Trinajstić information content (AvgIpc) is 3.20. The molecule has 6 rings (SSSR count). The first-order valence-electron chi connectivity index (χ1n) is 18.9. The van der Waals surface area contributed by atoms with Crippen molar-refractivity contribution in [3.8, 4) is 0 Å². The third-order valence-corrected chi connectivity index (χ3v) is 12.4. The first-order valence-corrected chi connectivity index (χ1v) is 22.1. The van der Waals surface area contributed by atoms with Crippen LogP contribution in [0.1, 0.15) is 81.5 Å². The molecule has 0 unspecified atom stereocenters. The summed E-state index contributed by atoms with van der Waals surface area (Å²) in [5.41, 5.74) is 0.845. The second-order valence-corrected chi connectivity index (χ2v) is 18.4. The zero-order valence-electron chi connectivity index (χ0n) is 31.9. The molecule has 1 heterocycles. The van der Waals surface area contributed by atoms with E-state index in [1.807, 2.05) is 0 Å². The second kappa shape index (κ2) is 20.2. The van der Waals surface area contributed by atoms with E-state index < -0.39 is 61.2 Å². The fraction of sp³-hybridized carbons (Fsp3) is 0.364. The molecule has 2 fully saturated rings. The van der Waals surface area contributed by atoms with Crippen LogP contribution < -0.4 is 0 Å². The third-order valence-electron chi connectivity index (χ3n) is 10.3. The van der Waals surface area contributed by atoms with Crippen LogP contribution in [0.3, 0.4) is 0 Å². The number of esters is 4. The van der Waals surface area contributed by atoms with Crippen LogP contribution in [-0.2, 0) is 28.4 Å². The van der Waals surface area contributed by atoms with E-state index in [4.69, 9.17) is 28.4 Å². The zero-order valence-corrected chi connectivity index (χ0v) is 38.2. The molecule has 1 saturated carbocycles. The Morgan fingerprint density at radius 1 is 0.586 bits per heavy atom. The van der Waals surface area contributed by atoms with Crippen molar-refractivity contribution in [2.75, 3.05) is 6.61 Å². The molecule has 4 aromatic carbocycles. The van der Waals surface area contributed by atoms with Crippen molar-refractivity contribution in [2.24, 2.45) is 17.8 Å². The summed E-state index contributed by atoms with van der Waals surface area (Å²) < 4.78 is 41.0. The van der Waals surface area contributed by atoms with E-state index in [1.54, 1.807) is 97.1 Å². The smallest absolute Gasteiger partial charge is 0.338 e. The summed E-state index contributed by atoms with van der Waals surface area (Å²) in [6.45, 7) is 5.98. The lowest BCUT2D eigenvalue weighted by Crippen LogP contribution is -2.64. The molecule has 14 heteroatoms. The fourth-order valence-corrected chi connectivity index (χ4v) is 8.18. The van der Waals surface area contributed by atoms with Crippen molar-refractivity contribution < 1.29 is 47.6 Å². The number of hydrogen-bond acceptors (Lipinski definition) is 10. The monoisotopic (exact) mass is 1050 g/mol. The van der Waals surface area contributed by atoms with Crippen molar-refractivity contribution in [3.63, 3.8) is 0 Å².